The lowest BCUT2D eigenvalue weighted by Crippen LogP contribution is -2.12. The molecule has 0 aliphatic heterocycles. The van der Waals surface area contributed by atoms with E-state index < -0.39 is 0 Å². The van der Waals surface area contributed by atoms with Gasteiger partial charge in [0.1, 0.15) is 0 Å². The van der Waals surface area contributed by atoms with Gasteiger partial charge in [-0.1, -0.05) is 162 Å². The zero-order valence-corrected chi connectivity index (χ0v) is 19.9. The van der Waals surface area contributed by atoms with Crippen LogP contribution >= 0.6 is 0 Å². The molecule has 3 saturated carbocycles. The molecule has 0 bridgehead atoms. The van der Waals surface area contributed by atoms with Gasteiger partial charge in [0.05, 0.1) is 0 Å². The zero-order chi connectivity index (χ0) is 19.9. The lowest BCUT2D eigenvalue weighted by molar-refractivity contribution is 0.277. The highest BCUT2D eigenvalue weighted by Crippen LogP contribution is 2.29. The van der Waals surface area contributed by atoms with E-state index >= 15 is 0 Å². The Balaban J connectivity index is -0.0000000939. The predicted molar refractivity (Wildman–Crippen MR) is 149 cm³/mol. The lowest BCUT2D eigenvalue weighted by Gasteiger charge is -2.24. The largest absolute Gasteiger partial charge is 0.0776 e. The fourth-order valence-corrected chi connectivity index (χ4v) is 4.50. The van der Waals surface area contributed by atoms with E-state index in [9.17, 15) is 0 Å². The van der Waals surface area contributed by atoms with Crippen molar-refractivity contribution in [3.63, 3.8) is 0 Å². The van der Waals surface area contributed by atoms with E-state index in [0.717, 1.165) is 35.5 Å². The van der Waals surface area contributed by atoms with Crippen molar-refractivity contribution in [1.29, 1.82) is 0 Å². The van der Waals surface area contributed by atoms with Crippen molar-refractivity contribution in [3.8, 4) is 0 Å². The minimum absolute atomic E-state index is 0. The first-order valence-corrected chi connectivity index (χ1v) is 12.4. The summed E-state index contributed by atoms with van der Waals surface area (Å²) in [5.74, 6) is 6.02. The molecule has 0 aromatic carbocycles. The molecule has 0 heterocycles. The van der Waals surface area contributed by atoms with Crippen molar-refractivity contribution < 1.29 is 0 Å². The summed E-state index contributed by atoms with van der Waals surface area (Å²) in [4.78, 5) is 0. The second-order valence-electron chi connectivity index (χ2n) is 9.72. The number of hydrogen-bond donors (Lipinski definition) is 0. The molecule has 0 nitrogen and oxygen atoms in total. The molecule has 30 heavy (non-hydrogen) atoms. The topological polar surface area (TPSA) is 0 Å². The molecule has 0 aromatic heterocycles. The third-order valence-corrected chi connectivity index (χ3v) is 7.62. The fourth-order valence-electron chi connectivity index (χ4n) is 4.50. The highest BCUT2D eigenvalue weighted by molar-refractivity contribution is 4.68. The van der Waals surface area contributed by atoms with E-state index in [4.69, 9.17) is 0 Å². The van der Waals surface area contributed by atoms with Crippen LogP contribution < -0.4 is 0 Å². The average Bonchev–Trinajstić information content (AvgIpc) is 2.65. The van der Waals surface area contributed by atoms with Crippen molar-refractivity contribution in [1.82, 2.24) is 0 Å². The van der Waals surface area contributed by atoms with E-state index in [-0.39, 0.29) is 29.7 Å². The number of hydrogen-bond acceptors (Lipinski definition) is 0. The molecule has 0 amide bonds. The molecule has 3 rings (SSSR count). The van der Waals surface area contributed by atoms with Gasteiger partial charge in [0, 0.05) is 0 Å². The van der Waals surface area contributed by atoms with Gasteiger partial charge in [-0.3, -0.25) is 0 Å². The molecule has 190 valence electrons. The third kappa shape index (κ3) is 18.7. The highest BCUT2D eigenvalue weighted by atomic mass is 14.2. The quantitative estimate of drug-likeness (QED) is 0.358. The first-order valence-electron chi connectivity index (χ1n) is 12.4. The Hall–Kier alpha value is 0. The SMILES string of the molecule is C.C.C.C.CC.CC1CCCCC1C.CC1CCCCC1C.CC1CCCC[C@@H]1C. The van der Waals surface area contributed by atoms with Crippen LogP contribution in [0.1, 0.15) is 162 Å². The monoisotopic (exact) mass is 431 g/mol. The Morgan fingerprint density at radius 2 is 0.400 bits per heavy atom. The Labute approximate surface area is 197 Å². The maximum Gasteiger partial charge on any atom is -0.0417 e. The van der Waals surface area contributed by atoms with Crippen LogP contribution in [0.3, 0.4) is 0 Å². The Morgan fingerprint density at radius 1 is 0.300 bits per heavy atom. The van der Waals surface area contributed by atoms with Gasteiger partial charge in [-0.15, -0.1) is 0 Å². The molecule has 5 unspecified atom stereocenters. The summed E-state index contributed by atoms with van der Waals surface area (Å²) in [7, 11) is 0. The van der Waals surface area contributed by atoms with Crippen molar-refractivity contribution in [3.05, 3.63) is 0 Å². The van der Waals surface area contributed by atoms with Crippen molar-refractivity contribution in [2.45, 2.75) is 162 Å². The van der Waals surface area contributed by atoms with Gasteiger partial charge in [0.15, 0.2) is 0 Å². The maximum atomic E-state index is 2.38. The number of rotatable bonds is 0. The standard InChI is InChI=1S/3C8H16.C2H6.4CH4/c3*1-7-5-3-4-6-8(7)2;1-2;;;;/h3*7-8H,3-6H2,1-2H3;1-2H3;4*1H4/t7-,8?;;;;;;;/m0......./s1. The minimum Gasteiger partial charge on any atom is -0.0776 e. The smallest absolute Gasteiger partial charge is 0.0417 e. The average molecular weight is 431 g/mol. The van der Waals surface area contributed by atoms with E-state index in [1.54, 1.807) is 0 Å². The second-order valence-corrected chi connectivity index (χ2v) is 9.72. The van der Waals surface area contributed by atoms with Crippen molar-refractivity contribution in [2.75, 3.05) is 0 Å². The minimum atomic E-state index is 0. The van der Waals surface area contributed by atoms with Gasteiger partial charge >= 0.3 is 0 Å². The van der Waals surface area contributed by atoms with Crippen LogP contribution in [0.15, 0.2) is 0 Å². The van der Waals surface area contributed by atoms with Crippen LogP contribution in [0.2, 0.25) is 0 Å². The molecule has 3 aliphatic rings. The van der Waals surface area contributed by atoms with Gasteiger partial charge in [-0.2, -0.15) is 0 Å². The summed E-state index contributed by atoms with van der Waals surface area (Å²) in [6.45, 7) is 18.3. The zero-order valence-electron chi connectivity index (χ0n) is 19.9. The van der Waals surface area contributed by atoms with Crippen molar-refractivity contribution in [2.24, 2.45) is 35.5 Å². The molecular formula is C30H70. The van der Waals surface area contributed by atoms with Gasteiger partial charge in [0.2, 0.25) is 0 Å². The molecule has 3 fully saturated rings. The van der Waals surface area contributed by atoms with Crippen LogP contribution in [0, 0.1) is 35.5 Å². The third-order valence-electron chi connectivity index (χ3n) is 7.62. The van der Waals surface area contributed by atoms with E-state index in [1.165, 1.54) is 77.0 Å². The summed E-state index contributed by atoms with van der Waals surface area (Å²) in [6, 6.07) is 0. The van der Waals surface area contributed by atoms with Gasteiger partial charge in [-0.25, -0.2) is 0 Å². The van der Waals surface area contributed by atoms with Crippen LogP contribution in [0.25, 0.3) is 0 Å². The lowest BCUT2D eigenvalue weighted by atomic mass is 9.82. The van der Waals surface area contributed by atoms with Crippen LogP contribution in [0.4, 0.5) is 0 Å². The fraction of sp³-hybridized carbons (Fsp3) is 1.00. The molecule has 3 aliphatic carbocycles. The molecule has 6 atom stereocenters. The molecule has 0 heteroatoms. The molecule has 0 saturated heterocycles. The van der Waals surface area contributed by atoms with Crippen LogP contribution in [-0.4, -0.2) is 0 Å². The molecule has 0 N–H and O–H groups in total. The first kappa shape index (κ1) is 40.4. The van der Waals surface area contributed by atoms with Gasteiger partial charge in [-0.05, 0) is 35.5 Å². The predicted octanol–water partition coefficient (Wildman–Crippen LogP) is 12.1. The van der Waals surface area contributed by atoms with Crippen LogP contribution in [0.5, 0.6) is 0 Å². The summed E-state index contributed by atoms with van der Waals surface area (Å²) < 4.78 is 0. The Morgan fingerprint density at radius 3 is 0.467 bits per heavy atom. The second kappa shape index (κ2) is 25.3. The maximum absolute atomic E-state index is 2.38. The molecule has 0 aromatic rings. The Kier molecular flexibility index (Phi) is 34.0. The molecule has 0 radical (unpaired) electrons. The van der Waals surface area contributed by atoms with E-state index in [1.807, 2.05) is 13.8 Å². The van der Waals surface area contributed by atoms with Gasteiger partial charge < -0.3 is 0 Å². The highest BCUT2D eigenvalue weighted by Gasteiger charge is 2.16. The normalized spacial score (nSPS) is 32.0. The van der Waals surface area contributed by atoms with Gasteiger partial charge in [0.25, 0.3) is 0 Å². The van der Waals surface area contributed by atoms with Crippen LogP contribution in [-0.2, 0) is 0 Å². The molecular weight excluding hydrogens is 360 g/mol. The summed E-state index contributed by atoms with van der Waals surface area (Å²) in [5.41, 5.74) is 0. The molecule has 0 spiro atoms. The Bertz CT molecular complexity index is 217. The summed E-state index contributed by atoms with van der Waals surface area (Å²) in [5, 5.41) is 0. The van der Waals surface area contributed by atoms with E-state index in [0.29, 0.717) is 0 Å². The summed E-state index contributed by atoms with van der Waals surface area (Å²) >= 11 is 0. The van der Waals surface area contributed by atoms with Crippen molar-refractivity contribution >= 4 is 0 Å². The van der Waals surface area contributed by atoms with E-state index in [2.05, 4.69) is 41.5 Å². The first-order chi connectivity index (χ1) is 12.4. The summed E-state index contributed by atoms with van der Waals surface area (Å²) in [6.07, 6.45) is 17.7.